The van der Waals surface area contributed by atoms with Gasteiger partial charge < -0.3 is 4.74 Å². The molecule has 1 aliphatic carbocycles. The Morgan fingerprint density at radius 2 is 2.04 bits per heavy atom. The zero-order chi connectivity index (χ0) is 18.1. The van der Waals surface area contributed by atoms with E-state index in [0.717, 1.165) is 18.4 Å². The van der Waals surface area contributed by atoms with E-state index in [9.17, 15) is 13.6 Å². The number of aromatic nitrogens is 2. The Hall–Kier alpha value is -1.66. The second-order valence-corrected chi connectivity index (χ2v) is 7.56. The second kappa shape index (κ2) is 6.69. The SMILES string of the molecule is CCCCOC(=O)Nc1c(C(C)(C)C)c(C2CC(F)(F)C2)nn1C. The predicted molar refractivity (Wildman–Crippen MR) is 88.7 cm³/mol. The minimum atomic E-state index is -2.61. The first-order valence-corrected chi connectivity index (χ1v) is 8.44. The van der Waals surface area contributed by atoms with Gasteiger partial charge in [0.2, 0.25) is 5.92 Å². The zero-order valence-electron chi connectivity index (χ0n) is 15.1. The third-order valence-corrected chi connectivity index (χ3v) is 4.25. The third kappa shape index (κ3) is 4.05. The highest BCUT2D eigenvalue weighted by molar-refractivity contribution is 5.85. The van der Waals surface area contributed by atoms with Gasteiger partial charge in [-0.2, -0.15) is 5.10 Å². The molecule has 0 aliphatic heterocycles. The molecule has 24 heavy (non-hydrogen) atoms. The summed E-state index contributed by atoms with van der Waals surface area (Å²) in [6, 6.07) is 0. The minimum absolute atomic E-state index is 0.187. The van der Waals surface area contributed by atoms with Gasteiger partial charge >= 0.3 is 6.09 Å². The van der Waals surface area contributed by atoms with Gasteiger partial charge in [0, 0.05) is 31.4 Å². The number of unbranched alkanes of at least 4 members (excludes halogenated alkanes) is 1. The van der Waals surface area contributed by atoms with Gasteiger partial charge in [-0.25, -0.2) is 13.6 Å². The van der Waals surface area contributed by atoms with Gasteiger partial charge in [0.25, 0.3) is 0 Å². The van der Waals surface area contributed by atoms with Crippen molar-refractivity contribution < 1.29 is 18.3 Å². The molecule has 0 saturated heterocycles. The Labute approximate surface area is 141 Å². The van der Waals surface area contributed by atoms with E-state index in [1.807, 2.05) is 27.7 Å². The molecular weight excluding hydrogens is 316 g/mol. The van der Waals surface area contributed by atoms with E-state index >= 15 is 0 Å². The van der Waals surface area contributed by atoms with E-state index in [2.05, 4.69) is 10.4 Å². The number of carbonyl (C=O) groups excluding carboxylic acids is 1. The minimum Gasteiger partial charge on any atom is -0.449 e. The highest BCUT2D eigenvalue weighted by Gasteiger charge is 2.49. The van der Waals surface area contributed by atoms with Crippen LogP contribution in [-0.4, -0.2) is 28.4 Å². The van der Waals surface area contributed by atoms with Crippen LogP contribution in [0.25, 0.3) is 0 Å². The molecular formula is C17H27F2N3O2. The Bertz CT molecular complexity index is 598. The van der Waals surface area contributed by atoms with Gasteiger partial charge in [-0.05, 0) is 11.8 Å². The van der Waals surface area contributed by atoms with Crippen molar-refractivity contribution >= 4 is 11.9 Å². The van der Waals surface area contributed by atoms with Gasteiger partial charge in [-0.3, -0.25) is 10.00 Å². The first-order chi connectivity index (χ1) is 11.0. The van der Waals surface area contributed by atoms with Crippen LogP contribution >= 0.6 is 0 Å². The zero-order valence-corrected chi connectivity index (χ0v) is 15.1. The smallest absolute Gasteiger partial charge is 0.412 e. The van der Waals surface area contributed by atoms with Gasteiger partial charge in [-0.1, -0.05) is 34.1 Å². The Morgan fingerprint density at radius 3 is 2.54 bits per heavy atom. The Balaban J connectivity index is 2.24. The summed E-state index contributed by atoms with van der Waals surface area (Å²) in [5.74, 6) is -2.36. The summed E-state index contributed by atoms with van der Waals surface area (Å²) in [5, 5.41) is 7.17. The van der Waals surface area contributed by atoms with Crippen LogP contribution in [0.4, 0.5) is 19.4 Å². The lowest BCUT2D eigenvalue weighted by atomic mass is 9.74. The summed E-state index contributed by atoms with van der Waals surface area (Å²) < 4.78 is 33.2. The first kappa shape index (κ1) is 18.7. The topological polar surface area (TPSA) is 56.1 Å². The standard InChI is InChI=1S/C17H27F2N3O2/c1-6-7-8-24-15(23)20-14-12(16(2,3)4)13(21-22(14)5)11-9-17(18,19)10-11/h11H,6-10H2,1-5H3,(H,20,23). The number of hydrogen-bond acceptors (Lipinski definition) is 3. The first-order valence-electron chi connectivity index (χ1n) is 8.44. The van der Waals surface area contributed by atoms with Crippen molar-refractivity contribution in [3.05, 3.63) is 11.3 Å². The third-order valence-electron chi connectivity index (χ3n) is 4.25. The summed E-state index contributed by atoms with van der Waals surface area (Å²) in [5.41, 5.74) is 1.12. The normalized spacial score (nSPS) is 17.5. The maximum absolute atomic E-state index is 13.3. The molecule has 136 valence electrons. The molecule has 5 nitrogen and oxygen atoms in total. The number of hydrogen-bond donors (Lipinski definition) is 1. The number of rotatable bonds is 5. The molecule has 1 N–H and O–H groups in total. The van der Waals surface area contributed by atoms with Crippen molar-refractivity contribution in [1.82, 2.24) is 9.78 Å². The summed E-state index contributed by atoms with van der Waals surface area (Å²) in [7, 11) is 1.71. The fourth-order valence-electron chi connectivity index (χ4n) is 3.01. The second-order valence-electron chi connectivity index (χ2n) is 7.56. The molecule has 0 atom stereocenters. The molecule has 1 saturated carbocycles. The monoisotopic (exact) mass is 343 g/mol. The molecule has 1 amide bonds. The fourth-order valence-corrected chi connectivity index (χ4v) is 3.01. The van der Waals surface area contributed by atoms with E-state index < -0.39 is 12.0 Å². The van der Waals surface area contributed by atoms with Crippen LogP contribution in [-0.2, 0) is 17.2 Å². The average molecular weight is 343 g/mol. The van der Waals surface area contributed by atoms with E-state index in [1.165, 1.54) is 0 Å². The highest BCUT2D eigenvalue weighted by atomic mass is 19.3. The van der Waals surface area contributed by atoms with Crippen molar-refractivity contribution in [2.75, 3.05) is 11.9 Å². The number of alkyl halides is 2. The number of carbonyl (C=O) groups is 1. The summed E-state index contributed by atoms with van der Waals surface area (Å²) in [6.45, 7) is 8.32. The van der Waals surface area contributed by atoms with E-state index in [0.29, 0.717) is 18.1 Å². The predicted octanol–water partition coefficient (Wildman–Crippen LogP) is 4.58. The number of amides is 1. The van der Waals surface area contributed by atoms with Crippen molar-refractivity contribution in [3.8, 4) is 0 Å². The van der Waals surface area contributed by atoms with Crippen molar-refractivity contribution in [1.29, 1.82) is 0 Å². The molecule has 0 aromatic carbocycles. The molecule has 1 heterocycles. The van der Waals surface area contributed by atoms with E-state index in [1.54, 1.807) is 11.7 Å². The molecule has 0 radical (unpaired) electrons. The van der Waals surface area contributed by atoms with Crippen LogP contribution in [0.15, 0.2) is 0 Å². The van der Waals surface area contributed by atoms with Crippen molar-refractivity contribution in [3.63, 3.8) is 0 Å². The lowest BCUT2D eigenvalue weighted by Gasteiger charge is -2.35. The molecule has 0 spiro atoms. The Morgan fingerprint density at radius 1 is 1.42 bits per heavy atom. The van der Waals surface area contributed by atoms with Gasteiger partial charge in [-0.15, -0.1) is 0 Å². The lowest BCUT2D eigenvalue weighted by Crippen LogP contribution is -2.35. The molecule has 7 heteroatoms. The van der Waals surface area contributed by atoms with Crippen LogP contribution in [0.2, 0.25) is 0 Å². The van der Waals surface area contributed by atoms with Crippen LogP contribution in [0.3, 0.4) is 0 Å². The number of nitrogens with one attached hydrogen (secondary N) is 1. The van der Waals surface area contributed by atoms with Crippen molar-refractivity contribution in [2.45, 2.75) is 70.6 Å². The molecule has 1 fully saturated rings. The summed E-state index contributed by atoms with van der Waals surface area (Å²) in [6.07, 6.45) is 0.822. The largest absolute Gasteiger partial charge is 0.449 e. The van der Waals surface area contributed by atoms with Crippen LogP contribution in [0.1, 0.15) is 70.6 Å². The highest BCUT2D eigenvalue weighted by Crippen LogP contribution is 2.51. The molecule has 1 aromatic heterocycles. The number of anilines is 1. The quantitative estimate of drug-likeness (QED) is 0.796. The van der Waals surface area contributed by atoms with Gasteiger partial charge in [0.1, 0.15) is 5.82 Å². The Kier molecular flexibility index (Phi) is 5.20. The fraction of sp³-hybridized carbons (Fsp3) is 0.765. The molecule has 1 aliphatic rings. The summed E-state index contributed by atoms with van der Waals surface area (Å²) >= 11 is 0. The van der Waals surface area contributed by atoms with Crippen molar-refractivity contribution in [2.24, 2.45) is 7.05 Å². The number of nitrogens with zero attached hydrogens (tertiary/aromatic N) is 2. The van der Waals surface area contributed by atoms with Gasteiger partial charge in [0.05, 0.1) is 12.3 Å². The maximum Gasteiger partial charge on any atom is 0.412 e. The molecule has 0 unspecified atom stereocenters. The number of ether oxygens (including phenoxy) is 1. The van der Waals surface area contributed by atoms with Crippen LogP contribution in [0.5, 0.6) is 0 Å². The molecule has 0 bridgehead atoms. The molecule has 1 aromatic rings. The van der Waals surface area contributed by atoms with Crippen LogP contribution in [0, 0.1) is 0 Å². The van der Waals surface area contributed by atoms with Gasteiger partial charge in [0.15, 0.2) is 0 Å². The van der Waals surface area contributed by atoms with E-state index in [4.69, 9.17) is 4.74 Å². The average Bonchev–Trinajstić information content (AvgIpc) is 2.73. The maximum atomic E-state index is 13.3. The molecule has 2 rings (SSSR count). The lowest BCUT2D eigenvalue weighted by molar-refractivity contribution is -0.0879. The number of aryl methyl sites for hydroxylation is 1. The summed E-state index contributed by atoms with van der Waals surface area (Å²) in [4.78, 5) is 12.0. The number of halogens is 2. The van der Waals surface area contributed by atoms with Crippen LogP contribution < -0.4 is 5.32 Å². The van der Waals surface area contributed by atoms with E-state index in [-0.39, 0.29) is 24.2 Å².